The minimum Gasteiger partial charge on any atom is -0.360 e. The molecule has 1 saturated heterocycles. The monoisotopic (exact) mass is 315 g/mol. The average Bonchev–Trinajstić information content (AvgIpc) is 3.07. The van der Waals surface area contributed by atoms with Crippen LogP contribution >= 0.6 is 11.6 Å². The topological polar surface area (TPSA) is 48.1 Å². The maximum atomic E-state index is 12.5. The van der Waals surface area contributed by atoms with Crippen LogP contribution in [0.25, 0.3) is 11.3 Å². The predicted molar refractivity (Wildman–Crippen MR) is 87.3 cm³/mol. The first-order chi connectivity index (χ1) is 10.6. The van der Waals surface area contributed by atoms with Crippen LogP contribution in [0.3, 0.4) is 0 Å². The lowest BCUT2D eigenvalue weighted by atomic mass is 9.86. The Morgan fingerprint density at radius 1 is 1.27 bits per heavy atom. The van der Waals surface area contributed by atoms with Crippen LogP contribution in [0.2, 0.25) is 5.02 Å². The van der Waals surface area contributed by atoms with E-state index < -0.39 is 0 Å². The third-order valence-corrected chi connectivity index (χ3v) is 5.15. The Bertz CT molecular complexity index is 739. The Balaban J connectivity index is 1.82. The Labute approximate surface area is 134 Å². The zero-order chi connectivity index (χ0) is 15.3. The number of likely N-dealkylation sites (N-methyl/N-ethyl adjacent to an activating group) is 1. The molecule has 2 N–H and O–H groups in total. The van der Waals surface area contributed by atoms with Gasteiger partial charge in [0.1, 0.15) is 0 Å². The van der Waals surface area contributed by atoms with Crippen LogP contribution in [0.4, 0.5) is 0 Å². The number of aromatic nitrogens is 1. The highest BCUT2D eigenvalue weighted by molar-refractivity contribution is 6.33. The molecule has 0 aliphatic carbocycles. The summed E-state index contributed by atoms with van der Waals surface area (Å²) in [6.07, 6.45) is 1.81. The first-order valence-electron chi connectivity index (χ1n) is 7.57. The van der Waals surface area contributed by atoms with Gasteiger partial charge in [-0.3, -0.25) is 4.79 Å². The second-order valence-corrected chi connectivity index (χ2v) is 6.71. The third kappa shape index (κ3) is 2.14. The summed E-state index contributed by atoms with van der Waals surface area (Å²) in [7, 11) is 2.14. The lowest BCUT2D eigenvalue weighted by Gasteiger charge is -2.16. The van der Waals surface area contributed by atoms with Gasteiger partial charge in [0.25, 0.3) is 5.91 Å². The van der Waals surface area contributed by atoms with Crippen molar-refractivity contribution in [1.82, 2.24) is 15.2 Å². The fraction of sp³-hybridized carbons (Fsp3) is 0.353. The number of fused-ring (bicyclic) bond motifs is 3. The fourth-order valence-electron chi connectivity index (χ4n) is 3.77. The van der Waals surface area contributed by atoms with E-state index in [4.69, 9.17) is 11.6 Å². The van der Waals surface area contributed by atoms with Gasteiger partial charge in [0.15, 0.2) is 0 Å². The molecule has 0 bridgehead atoms. The predicted octanol–water partition coefficient (Wildman–Crippen LogP) is 2.72. The molecule has 1 fully saturated rings. The minimum atomic E-state index is 0.0246. The molecule has 0 spiro atoms. The van der Waals surface area contributed by atoms with Gasteiger partial charge in [-0.1, -0.05) is 23.7 Å². The van der Waals surface area contributed by atoms with Crippen LogP contribution in [0, 0.1) is 5.92 Å². The Kier molecular flexibility index (Phi) is 3.24. The number of halogens is 1. The van der Waals surface area contributed by atoms with Crippen molar-refractivity contribution in [3.05, 3.63) is 46.6 Å². The number of likely N-dealkylation sites (tertiary alicyclic amines) is 1. The standard InChI is InChI=1S/C17H18ClN3O/c1-21-8-11-7-20-17(22)13-6-10(16-15(18)4-5-19-16)2-3-12(13)14(11)9-21/h2-6,11,14,19H,7-9H2,1H3,(H,20,22)/t11-,14-/m1/s1. The second kappa shape index (κ2) is 5.14. The summed E-state index contributed by atoms with van der Waals surface area (Å²) < 4.78 is 0. The summed E-state index contributed by atoms with van der Waals surface area (Å²) >= 11 is 6.20. The van der Waals surface area contributed by atoms with E-state index in [1.165, 1.54) is 0 Å². The molecule has 0 radical (unpaired) electrons. The summed E-state index contributed by atoms with van der Waals surface area (Å²) in [5.41, 5.74) is 3.76. The SMILES string of the molecule is CN1C[C@H]2CNC(=O)c3cc(-c4[nH]ccc4Cl)ccc3[C@@H]2C1. The Hall–Kier alpha value is -1.78. The zero-order valence-corrected chi connectivity index (χ0v) is 13.2. The van der Waals surface area contributed by atoms with Gasteiger partial charge in [-0.15, -0.1) is 0 Å². The Morgan fingerprint density at radius 2 is 2.14 bits per heavy atom. The highest BCUT2D eigenvalue weighted by Crippen LogP contribution is 2.37. The van der Waals surface area contributed by atoms with E-state index >= 15 is 0 Å². The molecule has 114 valence electrons. The molecule has 1 aromatic heterocycles. The summed E-state index contributed by atoms with van der Waals surface area (Å²) in [5.74, 6) is 0.943. The number of H-pyrrole nitrogens is 1. The Morgan fingerprint density at radius 3 is 2.91 bits per heavy atom. The summed E-state index contributed by atoms with van der Waals surface area (Å²) in [4.78, 5) is 17.9. The molecule has 2 aliphatic rings. The molecular weight excluding hydrogens is 298 g/mol. The van der Waals surface area contributed by atoms with E-state index in [1.807, 2.05) is 18.3 Å². The van der Waals surface area contributed by atoms with Gasteiger partial charge in [0.2, 0.25) is 0 Å². The van der Waals surface area contributed by atoms with E-state index in [0.717, 1.165) is 42.0 Å². The third-order valence-electron chi connectivity index (χ3n) is 4.83. The van der Waals surface area contributed by atoms with E-state index in [9.17, 15) is 4.79 Å². The average molecular weight is 316 g/mol. The van der Waals surface area contributed by atoms with Gasteiger partial charge in [-0.05, 0) is 30.7 Å². The molecule has 0 saturated carbocycles. The normalized spacial score (nSPS) is 24.5. The molecule has 4 nitrogen and oxygen atoms in total. The molecule has 4 rings (SSSR count). The second-order valence-electron chi connectivity index (χ2n) is 6.30. The fourth-order valence-corrected chi connectivity index (χ4v) is 4.00. The maximum absolute atomic E-state index is 12.5. The van der Waals surface area contributed by atoms with Gasteiger partial charge < -0.3 is 15.2 Å². The largest absolute Gasteiger partial charge is 0.360 e. The highest BCUT2D eigenvalue weighted by Gasteiger charge is 2.36. The van der Waals surface area contributed by atoms with E-state index in [2.05, 4.69) is 34.4 Å². The maximum Gasteiger partial charge on any atom is 0.251 e. The zero-order valence-electron chi connectivity index (χ0n) is 12.4. The molecule has 0 unspecified atom stereocenters. The summed E-state index contributed by atoms with van der Waals surface area (Å²) in [5, 5.41) is 3.74. The minimum absolute atomic E-state index is 0.0246. The lowest BCUT2D eigenvalue weighted by molar-refractivity contribution is 0.0951. The van der Waals surface area contributed by atoms with Crippen molar-refractivity contribution in [1.29, 1.82) is 0 Å². The van der Waals surface area contributed by atoms with E-state index in [-0.39, 0.29) is 5.91 Å². The number of hydrogen-bond acceptors (Lipinski definition) is 2. The van der Waals surface area contributed by atoms with Crippen molar-refractivity contribution in [3.8, 4) is 11.3 Å². The first kappa shape index (κ1) is 13.9. The molecule has 3 heterocycles. The van der Waals surface area contributed by atoms with E-state index in [1.54, 1.807) is 0 Å². The molecule has 5 heteroatoms. The van der Waals surface area contributed by atoms with Crippen molar-refractivity contribution in [2.45, 2.75) is 5.92 Å². The van der Waals surface area contributed by atoms with Crippen LogP contribution in [0.15, 0.2) is 30.5 Å². The van der Waals surface area contributed by atoms with Crippen LogP contribution in [-0.4, -0.2) is 42.5 Å². The van der Waals surface area contributed by atoms with E-state index in [0.29, 0.717) is 16.9 Å². The van der Waals surface area contributed by atoms with Gasteiger partial charge in [0.05, 0.1) is 10.7 Å². The molecule has 1 amide bonds. The molecule has 2 atom stereocenters. The lowest BCUT2D eigenvalue weighted by Crippen LogP contribution is -2.29. The first-order valence-corrected chi connectivity index (χ1v) is 7.95. The molecule has 22 heavy (non-hydrogen) atoms. The number of carbonyl (C=O) groups excluding carboxylic acids is 1. The number of hydrogen-bond donors (Lipinski definition) is 2. The number of nitrogens with zero attached hydrogens (tertiary/aromatic N) is 1. The van der Waals surface area contributed by atoms with Crippen molar-refractivity contribution >= 4 is 17.5 Å². The van der Waals surface area contributed by atoms with Crippen molar-refractivity contribution in [3.63, 3.8) is 0 Å². The number of aromatic amines is 1. The van der Waals surface area contributed by atoms with Crippen LogP contribution in [0.5, 0.6) is 0 Å². The number of benzene rings is 1. The number of amides is 1. The molecule has 2 aliphatic heterocycles. The molecule has 1 aromatic carbocycles. The van der Waals surface area contributed by atoms with Gasteiger partial charge >= 0.3 is 0 Å². The van der Waals surface area contributed by atoms with Crippen molar-refractivity contribution in [2.75, 3.05) is 26.7 Å². The highest BCUT2D eigenvalue weighted by atomic mass is 35.5. The van der Waals surface area contributed by atoms with Crippen LogP contribution in [0.1, 0.15) is 21.8 Å². The van der Waals surface area contributed by atoms with Gasteiger partial charge in [-0.2, -0.15) is 0 Å². The number of rotatable bonds is 1. The number of nitrogens with one attached hydrogen (secondary N) is 2. The van der Waals surface area contributed by atoms with Crippen LogP contribution in [-0.2, 0) is 0 Å². The smallest absolute Gasteiger partial charge is 0.251 e. The summed E-state index contributed by atoms with van der Waals surface area (Å²) in [6.45, 7) is 2.80. The number of carbonyl (C=O) groups is 1. The van der Waals surface area contributed by atoms with Crippen molar-refractivity contribution < 1.29 is 4.79 Å². The van der Waals surface area contributed by atoms with Gasteiger partial charge in [-0.25, -0.2) is 0 Å². The summed E-state index contributed by atoms with van der Waals surface area (Å²) in [6, 6.07) is 7.95. The van der Waals surface area contributed by atoms with Gasteiger partial charge in [0, 0.05) is 42.9 Å². The van der Waals surface area contributed by atoms with Crippen LogP contribution < -0.4 is 5.32 Å². The van der Waals surface area contributed by atoms with Crippen molar-refractivity contribution in [2.24, 2.45) is 5.92 Å². The quantitative estimate of drug-likeness (QED) is 0.850. The molecular formula is C17H18ClN3O. The molecule has 2 aromatic rings.